The Balaban J connectivity index is 1.25. The van der Waals surface area contributed by atoms with E-state index in [0.717, 1.165) is 35.7 Å². The summed E-state index contributed by atoms with van der Waals surface area (Å²) in [5.41, 5.74) is 3.87. The maximum absolute atomic E-state index is 6.08. The van der Waals surface area contributed by atoms with Crippen molar-refractivity contribution in [3.63, 3.8) is 0 Å². The smallest absolute Gasteiger partial charge is 0.226 e. The Morgan fingerprint density at radius 1 is 1.11 bits per heavy atom. The van der Waals surface area contributed by atoms with Gasteiger partial charge in [-0.3, -0.25) is 0 Å². The number of hydrogen-bond acceptors (Lipinski definition) is 10. The zero-order valence-corrected chi connectivity index (χ0v) is 19.3. The summed E-state index contributed by atoms with van der Waals surface area (Å²) in [6.45, 7) is 3.43. The fourth-order valence-corrected chi connectivity index (χ4v) is 4.06. The summed E-state index contributed by atoms with van der Waals surface area (Å²) in [7, 11) is 1.99. The van der Waals surface area contributed by atoms with Crippen molar-refractivity contribution in [2.45, 2.75) is 19.4 Å². The summed E-state index contributed by atoms with van der Waals surface area (Å²) in [6.07, 6.45) is 7.51. The highest BCUT2D eigenvalue weighted by atomic mass is 16.5. The summed E-state index contributed by atoms with van der Waals surface area (Å²) < 4.78 is 13.3. The molecule has 176 valence electrons. The van der Waals surface area contributed by atoms with E-state index < -0.39 is 0 Å². The van der Waals surface area contributed by atoms with Gasteiger partial charge in [0.15, 0.2) is 11.5 Å². The van der Waals surface area contributed by atoms with Crippen LogP contribution in [0.15, 0.2) is 55.4 Å². The SMILES string of the molecule is Cc1cc(Nc2ncnc3cnc(N(C)[C@@H]4CCOC4)nc23)ccc1Oc1ccn2ncnc2c1. The third-order valence-electron chi connectivity index (χ3n) is 6.05. The highest BCUT2D eigenvalue weighted by molar-refractivity contribution is 5.87. The van der Waals surface area contributed by atoms with E-state index in [1.165, 1.54) is 12.7 Å². The molecule has 1 fully saturated rings. The van der Waals surface area contributed by atoms with Gasteiger partial charge in [0.05, 0.1) is 18.8 Å². The summed E-state index contributed by atoms with van der Waals surface area (Å²) in [5.74, 6) is 2.67. The van der Waals surface area contributed by atoms with Crippen LogP contribution >= 0.6 is 0 Å². The lowest BCUT2D eigenvalue weighted by molar-refractivity contribution is 0.193. The number of fused-ring (bicyclic) bond motifs is 2. The van der Waals surface area contributed by atoms with Gasteiger partial charge < -0.3 is 19.7 Å². The normalized spacial score (nSPS) is 15.5. The van der Waals surface area contributed by atoms with Crippen molar-refractivity contribution in [1.82, 2.24) is 34.5 Å². The van der Waals surface area contributed by atoms with Crippen molar-refractivity contribution >= 4 is 34.1 Å². The van der Waals surface area contributed by atoms with Gasteiger partial charge in [-0.15, -0.1) is 0 Å². The molecule has 5 aromatic rings. The monoisotopic (exact) mass is 469 g/mol. The topological polar surface area (TPSA) is 115 Å². The minimum Gasteiger partial charge on any atom is -0.457 e. The van der Waals surface area contributed by atoms with Gasteiger partial charge >= 0.3 is 0 Å². The van der Waals surface area contributed by atoms with E-state index in [1.807, 2.05) is 50.5 Å². The van der Waals surface area contributed by atoms with Gasteiger partial charge in [-0.25, -0.2) is 29.4 Å². The second kappa shape index (κ2) is 8.76. The molecular formula is C24H23N9O2. The van der Waals surface area contributed by atoms with Gasteiger partial charge in [-0.2, -0.15) is 5.10 Å². The number of hydrogen-bond donors (Lipinski definition) is 1. The number of aryl methyl sites for hydroxylation is 1. The second-order valence-electron chi connectivity index (χ2n) is 8.39. The van der Waals surface area contributed by atoms with Crippen molar-refractivity contribution in [1.29, 1.82) is 0 Å². The number of nitrogens with zero attached hydrogens (tertiary/aromatic N) is 8. The molecule has 1 saturated heterocycles. The van der Waals surface area contributed by atoms with Crippen molar-refractivity contribution in [3.05, 3.63) is 60.9 Å². The highest BCUT2D eigenvalue weighted by Gasteiger charge is 2.23. The summed E-state index contributed by atoms with van der Waals surface area (Å²) >= 11 is 0. The van der Waals surface area contributed by atoms with E-state index in [2.05, 4.69) is 35.3 Å². The van der Waals surface area contributed by atoms with E-state index in [0.29, 0.717) is 35.2 Å². The molecule has 35 heavy (non-hydrogen) atoms. The molecule has 1 N–H and O–H groups in total. The molecule has 1 aliphatic rings. The zero-order chi connectivity index (χ0) is 23.8. The average molecular weight is 470 g/mol. The van der Waals surface area contributed by atoms with Gasteiger partial charge in [0.1, 0.15) is 35.2 Å². The van der Waals surface area contributed by atoms with Crippen molar-refractivity contribution in [2.24, 2.45) is 0 Å². The number of nitrogens with one attached hydrogen (secondary N) is 1. The zero-order valence-electron chi connectivity index (χ0n) is 19.3. The summed E-state index contributed by atoms with van der Waals surface area (Å²) in [6, 6.07) is 9.82. The first-order valence-electron chi connectivity index (χ1n) is 11.3. The minimum absolute atomic E-state index is 0.258. The van der Waals surface area contributed by atoms with Gasteiger partial charge in [-0.1, -0.05) is 0 Å². The number of likely N-dealkylation sites (N-methyl/N-ethyl adjacent to an activating group) is 1. The number of aromatic nitrogens is 7. The molecular weight excluding hydrogens is 446 g/mol. The molecule has 0 bridgehead atoms. The maximum atomic E-state index is 6.08. The Kier molecular flexibility index (Phi) is 5.30. The fourth-order valence-electron chi connectivity index (χ4n) is 4.06. The molecule has 4 aromatic heterocycles. The largest absolute Gasteiger partial charge is 0.457 e. The van der Waals surface area contributed by atoms with E-state index >= 15 is 0 Å². The van der Waals surface area contributed by atoms with Crippen LogP contribution in [0, 0.1) is 6.92 Å². The van der Waals surface area contributed by atoms with Crippen LogP contribution < -0.4 is 15.0 Å². The van der Waals surface area contributed by atoms with Crippen LogP contribution in [0.1, 0.15) is 12.0 Å². The van der Waals surface area contributed by atoms with Crippen molar-refractivity contribution in [3.8, 4) is 11.5 Å². The number of ether oxygens (including phenoxy) is 2. The molecule has 1 aromatic carbocycles. The van der Waals surface area contributed by atoms with Crippen molar-refractivity contribution < 1.29 is 9.47 Å². The van der Waals surface area contributed by atoms with Crippen LogP contribution in [0.4, 0.5) is 17.5 Å². The first kappa shape index (κ1) is 21.2. The van der Waals surface area contributed by atoms with Gasteiger partial charge in [-0.05, 0) is 43.2 Å². The molecule has 11 heteroatoms. The molecule has 0 spiro atoms. The Morgan fingerprint density at radius 3 is 2.91 bits per heavy atom. The Labute approximate surface area is 200 Å². The lowest BCUT2D eigenvalue weighted by Crippen LogP contribution is -2.33. The molecule has 5 heterocycles. The highest BCUT2D eigenvalue weighted by Crippen LogP contribution is 2.30. The average Bonchev–Trinajstić information content (AvgIpc) is 3.57. The maximum Gasteiger partial charge on any atom is 0.226 e. The van der Waals surface area contributed by atoms with E-state index in [4.69, 9.17) is 14.5 Å². The number of pyridine rings is 1. The number of anilines is 3. The quantitative estimate of drug-likeness (QED) is 0.396. The molecule has 0 radical (unpaired) electrons. The Bertz CT molecular complexity index is 1510. The van der Waals surface area contributed by atoms with Gasteiger partial charge in [0.25, 0.3) is 0 Å². The predicted octanol–water partition coefficient (Wildman–Crippen LogP) is 3.53. The molecule has 0 saturated carbocycles. The molecule has 0 amide bonds. The minimum atomic E-state index is 0.258. The molecule has 1 aliphatic heterocycles. The van der Waals surface area contributed by atoms with E-state index in [-0.39, 0.29) is 6.04 Å². The standard InChI is InChI=1S/C24H23N9O2/c1-15-9-16(3-4-20(15)35-18-5-7-33-21(10-18)27-14-29-33)30-23-22-19(26-13-28-23)11-25-24(31-22)32(2)17-6-8-34-12-17/h3-5,7,9-11,13-14,17H,6,8,12H2,1-2H3,(H,26,28,30)/t17-/m1/s1. The third-order valence-corrected chi connectivity index (χ3v) is 6.05. The van der Waals surface area contributed by atoms with Crippen LogP contribution in [-0.2, 0) is 4.74 Å². The summed E-state index contributed by atoms with van der Waals surface area (Å²) in [4.78, 5) is 24.3. The molecule has 1 atom stereocenters. The van der Waals surface area contributed by atoms with Crippen LogP contribution in [0.5, 0.6) is 11.5 Å². The van der Waals surface area contributed by atoms with Crippen molar-refractivity contribution in [2.75, 3.05) is 30.5 Å². The number of benzene rings is 1. The van der Waals surface area contributed by atoms with Crippen LogP contribution in [0.3, 0.4) is 0 Å². The Morgan fingerprint density at radius 2 is 2.06 bits per heavy atom. The van der Waals surface area contributed by atoms with Crippen LogP contribution in [-0.4, -0.2) is 60.8 Å². The first-order valence-corrected chi connectivity index (χ1v) is 11.3. The second-order valence-corrected chi connectivity index (χ2v) is 8.39. The first-order chi connectivity index (χ1) is 17.1. The lowest BCUT2D eigenvalue weighted by Gasteiger charge is -2.23. The third kappa shape index (κ3) is 4.17. The predicted molar refractivity (Wildman–Crippen MR) is 130 cm³/mol. The van der Waals surface area contributed by atoms with Crippen LogP contribution in [0.2, 0.25) is 0 Å². The van der Waals surface area contributed by atoms with Gasteiger partial charge in [0, 0.05) is 31.6 Å². The van der Waals surface area contributed by atoms with Gasteiger partial charge in [0.2, 0.25) is 5.95 Å². The fraction of sp³-hybridized carbons (Fsp3) is 0.250. The Hall–Kier alpha value is -4.38. The van der Waals surface area contributed by atoms with E-state index in [1.54, 1.807) is 10.7 Å². The molecule has 6 rings (SSSR count). The lowest BCUT2D eigenvalue weighted by atomic mass is 10.2. The number of rotatable bonds is 6. The molecule has 0 aliphatic carbocycles. The molecule has 0 unspecified atom stereocenters. The van der Waals surface area contributed by atoms with Crippen LogP contribution in [0.25, 0.3) is 16.7 Å². The molecule has 11 nitrogen and oxygen atoms in total. The summed E-state index contributed by atoms with van der Waals surface area (Å²) in [5, 5.41) is 7.48. The van der Waals surface area contributed by atoms with E-state index in [9.17, 15) is 0 Å².